The van der Waals surface area contributed by atoms with Gasteiger partial charge in [-0.3, -0.25) is 9.59 Å². The molecule has 1 saturated heterocycles. The van der Waals surface area contributed by atoms with Gasteiger partial charge in [-0.15, -0.1) is 0 Å². The maximum atomic E-state index is 12.7. The third-order valence-corrected chi connectivity index (χ3v) is 5.52. The second-order valence-corrected chi connectivity index (χ2v) is 7.64. The van der Waals surface area contributed by atoms with Crippen molar-refractivity contribution < 1.29 is 14.3 Å². The predicted octanol–water partition coefficient (Wildman–Crippen LogP) is 2.73. The molecule has 8 heteroatoms. The number of benzene rings is 1. The second kappa shape index (κ2) is 8.39. The minimum absolute atomic E-state index is 0.0711. The number of pyridine rings is 1. The van der Waals surface area contributed by atoms with E-state index >= 15 is 0 Å². The number of morpholine rings is 1. The van der Waals surface area contributed by atoms with Gasteiger partial charge in [-0.1, -0.05) is 23.7 Å². The van der Waals surface area contributed by atoms with Crippen LogP contribution in [0.25, 0.3) is 0 Å². The molecule has 0 saturated carbocycles. The summed E-state index contributed by atoms with van der Waals surface area (Å²) in [6, 6.07) is 7.61. The molecule has 2 aliphatic rings. The van der Waals surface area contributed by atoms with Gasteiger partial charge < -0.3 is 19.9 Å². The van der Waals surface area contributed by atoms with Gasteiger partial charge in [0.05, 0.1) is 23.8 Å². The van der Waals surface area contributed by atoms with Gasteiger partial charge >= 0.3 is 0 Å². The summed E-state index contributed by atoms with van der Waals surface area (Å²) < 4.78 is 5.30. The van der Waals surface area contributed by atoms with Crippen LogP contribution in [0, 0.1) is 0 Å². The standard InChI is InChI=1S/C21H23ClN4O3/c1-14(27)24-19-4-2-3-15-13-26(6-5-17(15)19)20-18(22)11-16(12-23-20)21(28)25-7-9-29-10-8-25/h2-4,11-12H,5-10,13H2,1H3,(H,24,27). The summed E-state index contributed by atoms with van der Waals surface area (Å²) >= 11 is 6.52. The second-order valence-electron chi connectivity index (χ2n) is 7.23. The number of amides is 2. The van der Waals surface area contributed by atoms with Crippen LogP contribution in [0.1, 0.15) is 28.4 Å². The Hall–Kier alpha value is -2.64. The van der Waals surface area contributed by atoms with Crippen molar-refractivity contribution in [3.05, 3.63) is 52.2 Å². The van der Waals surface area contributed by atoms with Crippen molar-refractivity contribution >= 4 is 34.9 Å². The number of carbonyl (C=O) groups is 2. The molecule has 2 aliphatic heterocycles. The van der Waals surface area contributed by atoms with Gasteiger partial charge in [0.1, 0.15) is 5.82 Å². The molecule has 1 N–H and O–H groups in total. The Morgan fingerprint density at radius 3 is 2.72 bits per heavy atom. The molecule has 1 aromatic heterocycles. The molecule has 0 aliphatic carbocycles. The highest BCUT2D eigenvalue weighted by atomic mass is 35.5. The SMILES string of the molecule is CC(=O)Nc1cccc2c1CCN(c1ncc(C(=O)N3CCOCC3)cc1Cl)C2. The van der Waals surface area contributed by atoms with Gasteiger partial charge in [0.2, 0.25) is 5.91 Å². The normalized spacial score (nSPS) is 16.3. The van der Waals surface area contributed by atoms with Crippen LogP contribution in [0.2, 0.25) is 5.02 Å². The highest BCUT2D eigenvalue weighted by Gasteiger charge is 2.24. The minimum Gasteiger partial charge on any atom is -0.378 e. The summed E-state index contributed by atoms with van der Waals surface area (Å²) in [5.41, 5.74) is 3.63. The Balaban J connectivity index is 1.52. The number of nitrogens with zero attached hydrogens (tertiary/aromatic N) is 3. The molecule has 0 bridgehead atoms. The van der Waals surface area contributed by atoms with Crippen LogP contribution in [-0.2, 0) is 22.5 Å². The molecule has 152 valence electrons. The first-order valence-electron chi connectivity index (χ1n) is 9.69. The summed E-state index contributed by atoms with van der Waals surface area (Å²) in [6.07, 6.45) is 2.38. The number of nitrogens with one attached hydrogen (secondary N) is 1. The highest BCUT2D eigenvalue weighted by Crippen LogP contribution is 2.32. The Morgan fingerprint density at radius 2 is 2.00 bits per heavy atom. The number of ether oxygens (including phenoxy) is 1. The van der Waals surface area contributed by atoms with Gasteiger partial charge in [0.15, 0.2) is 0 Å². The van der Waals surface area contributed by atoms with Crippen molar-refractivity contribution in [2.45, 2.75) is 19.9 Å². The Kier molecular flexibility index (Phi) is 5.69. The van der Waals surface area contributed by atoms with E-state index in [0.717, 1.165) is 29.8 Å². The first-order chi connectivity index (χ1) is 14.0. The lowest BCUT2D eigenvalue weighted by molar-refractivity contribution is -0.114. The van der Waals surface area contributed by atoms with Crippen LogP contribution in [0.5, 0.6) is 0 Å². The molecular weight excluding hydrogens is 392 g/mol. The number of rotatable bonds is 3. The Labute approximate surface area is 174 Å². The van der Waals surface area contributed by atoms with E-state index < -0.39 is 0 Å². The van der Waals surface area contributed by atoms with E-state index in [0.29, 0.717) is 49.3 Å². The highest BCUT2D eigenvalue weighted by molar-refractivity contribution is 6.33. The summed E-state index contributed by atoms with van der Waals surface area (Å²) in [7, 11) is 0. The van der Waals surface area contributed by atoms with Crippen LogP contribution in [0.4, 0.5) is 11.5 Å². The number of aromatic nitrogens is 1. The monoisotopic (exact) mass is 414 g/mol. The molecule has 29 heavy (non-hydrogen) atoms. The third kappa shape index (κ3) is 4.21. The minimum atomic E-state index is -0.0777. The average Bonchev–Trinajstić information content (AvgIpc) is 2.73. The van der Waals surface area contributed by atoms with E-state index in [1.54, 1.807) is 17.2 Å². The van der Waals surface area contributed by atoms with E-state index in [9.17, 15) is 9.59 Å². The van der Waals surface area contributed by atoms with Crippen LogP contribution >= 0.6 is 11.6 Å². The molecule has 3 heterocycles. The van der Waals surface area contributed by atoms with Gasteiger partial charge in [0, 0.05) is 45.0 Å². The Bertz CT molecular complexity index is 944. The molecule has 2 amide bonds. The van der Waals surface area contributed by atoms with Crippen molar-refractivity contribution in [3.8, 4) is 0 Å². The maximum absolute atomic E-state index is 12.7. The quantitative estimate of drug-likeness (QED) is 0.835. The fourth-order valence-electron chi connectivity index (χ4n) is 3.83. The fraction of sp³-hybridized carbons (Fsp3) is 0.381. The van der Waals surface area contributed by atoms with Crippen molar-refractivity contribution in [1.29, 1.82) is 0 Å². The number of hydrogen-bond acceptors (Lipinski definition) is 5. The van der Waals surface area contributed by atoms with E-state index in [2.05, 4.69) is 21.3 Å². The molecule has 2 aromatic rings. The number of anilines is 2. The average molecular weight is 415 g/mol. The first kappa shape index (κ1) is 19.7. The fourth-order valence-corrected chi connectivity index (χ4v) is 4.11. The molecule has 1 aromatic carbocycles. The molecule has 0 atom stereocenters. The van der Waals surface area contributed by atoms with Gasteiger partial charge in [-0.05, 0) is 29.7 Å². The van der Waals surface area contributed by atoms with Crippen LogP contribution in [0.15, 0.2) is 30.5 Å². The number of fused-ring (bicyclic) bond motifs is 1. The topological polar surface area (TPSA) is 74.8 Å². The van der Waals surface area contributed by atoms with E-state index in [1.807, 2.05) is 12.1 Å². The predicted molar refractivity (Wildman–Crippen MR) is 111 cm³/mol. The van der Waals surface area contributed by atoms with Crippen LogP contribution < -0.4 is 10.2 Å². The lowest BCUT2D eigenvalue weighted by Gasteiger charge is -2.32. The van der Waals surface area contributed by atoms with Crippen molar-refractivity contribution in [1.82, 2.24) is 9.88 Å². The molecule has 4 rings (SSSR count). The molecule has 0 spiro atoms. The lowest BCUT2D eigenvalue weighted by Crippen LogP contribution is -2.40. The van der Waals surface area contributed by atoms with E-state index in [-0.39, 0.29) is 11.8 Å². The summed E-state index contributed by atoms with van der Waals surface area (Å²) in [6.45, 7) is 5.16. The van der Waals surface area contributed by atoms with Crippen molar-refractivity contribution in [2.24, 2.45) is 0 Å². The molecular formula is C21H23ClN4O3. The number of carbonyl (C=O) groups excluding carboxylic acids is 2. The zero-order valence-electron chi connectivity index (χ0n) is 16.3. The number of halogens is 1. The van der Waals surface area contributed by atoms with Gasteiger partial charge in [-0.25, -0.2) is 4.98 Å². The van der Waals surface area contributed by atoms with Crippen LogP contribution in [0.3, 0.4) is 0 Å². The van der Waals surface area contributed by atoms with E-state index in [4.69, 9.17) is 16.3 Å². The number of hydrogen-bond donors (Lipinski definition) is 1. The molecule has 7 nitrogen and oxygen atoms in total. The van der Waals surface area contributed by atoms with Crippen LogP contribution in [-0.4, -0.2) is 54.5 Å². The van der Waals surface area contributed by atoms with Gasteiger partial charge in [-0.2, -0.15) is 0 Å². The summed E-state index contributed by atoms with van der Waals surface area (Å²) in [5.74, 6) is 0.519. The molecule has 0 unspecified atom stereocenters. The Morgan fingerprint density at radius 1 is 1.21 bits per heavy atom. The van der Waals surface area contributed by atoms with E-state index in [1.165, 1.54) is 6.92 Å². The first-order valence-corrected chi connectivity index (χ1v) is 10.1. The lowest BCUT2D eigenvalue weighted by atomic mass is 9.97. The summed E-state index contributed by atoms with van der Waals surface area (Å²) in [5, 5.41) is 3.36. The molecule has 1 fully saturated rings. The van der Waals surface area contributed by atoms with Crippen molar-refractivity contribution in [3.63, 3.8) is 0 Å². The largest absolute Gasteiger partial charge is 0.378 e. The van der Waals surface area contributed by atoms with Gasteiger partial charge in [0.25, 0.3) is 5.91 Å². The zero-order valence-corrected chi connectivity index (χ0v) is 17.0. The molecule has 0 radical (unpaired) electrons. The summed E-state index contributed by atoms with van der Waals surface area (Å²) in [4.78, 5) is 32.5. The smallest absolute Gasteiger partial charge is 0.255 e. The third-order valence-electron chi connectivity index (χ3n) is 5.24. The van der Waals surface area contributed by atoms with Crippen molar-refractivity contribution in [2.75, 3.05) is 43.1 Å². The maximum Gasteiger partial charge on any atom is 0.255 e. The zero-order chi connectivity index (χ0) is 20.4.